The molecule has 0 aromatic carbocycles. The Morgan fingerprint density at radius 2 is 2.36 bits per heavy atom. The highest BCUT2D eigenvalue weighted by Crippen LogP contribution is 2.57. The molecular formula is C17H27N3OS. The van der Waals surface area contributed by atoms with Crippen LogP contribution in [0.15, 0.2) is 21.8 Å². The van der Waals surface area contributed by atoms with Gasteiger partial charge in [-0.25, -0.2) is 0 Å². The monoisotopic (exact) mass is 321 g/mol. The fraction of sp³-hybridized carbons (Fsp3) is 0.706. The Morgan fingerprint density at radius 1 is 1.55 bits per heavy atom. The van der Waals surface area contributed by atoms with Crippen molar-refractivity contribution in [2.24, 2.45) is 10.4 Å². The molecule has 5 heteroatoms. The van der Waals surface area contributed by atoms with E-state index >= 15 is 0 Å². The van der Waals surface area contributed by atoms with Gasteiger partial charge in [-0.05, 0) is 48.6 Å². The van der Waals surface area contributed by atoms with Gasteiger partial charge in [-0.2, -0.15) is 11.3 Å². The zero-order valence-corrected chi connectivity index (χ0v) is 14.7. The van der Waals surface area contributed by atoms with Crippen LogP contribution < -0.4 is 5.32 Å². The van der Waals surface area contributed by atoms with Crippen molar-refractivity contribution in [1.82, 2.24) is 10.2 Å². The molecule has 122 valence electrons. The van der Waals surface area contributed by atoms with Crippen LogP contribution in [0.2, 0.25) is 0 Å². The van der Waals surface area contributed by atoms with E-state index in [1.54, 1.807) is 11.3 Å². The molecule has 0 saturated heterocycles. The molecule has 0 aliphatic heterocycles. The molecule has 1 heterocycles. The van der Waals surface area contributed by atoms with Gasteiger partial charge in [0.15, 0.2) is 5.96 Å². The minimum absolute atomic E-state index is 0.370. The number of guanidine groups is 1. The molecule has 22 heavy (non-hydrogen) atoms. The average Bonchev–Trinajstić information content (AvgIpc) is 2.93. The van der Waals surface area contributed by atoms with Gasteiger partial charge in [0.1, 0.15) is 0 Å². The lowest BCUT2D eigenvalue weighted by molar-refractivity contribution is -0.168. The number of rotatable bonds is 5. The zero-order valence-electron chi connectivity index (χ0n) is 13.8. The molecule has 1 spiro atoms. The van der Waals surface area contributed by atoms with E-state index in [1.165, 1.54) is 24.8 Å². The lowest BCUT2D eigenvalue weighted by Crippen LogP contribution is -2.68. The number of nitrogens with one attached hydrogen (secondary N) is 1. The summed E-state index contributed by atoms with van der Waals surface area (Å²) in [5.74, 6) is 0.998. The predicted octanol–water partition coefficient (Wildman–Crippen LogP) is 3.10. The van der Waals surface area contributed by atoms with Gasteiger partial charge in [0.25, 0.3) is 0 Å². The van der Waals surface area contributed by atoms with Crippen LogP contribution in [0.5, 0.6) is 0 Å². The Kier molecular flexibility index (Phi) is 4.73. The molecule has 2 aliphatic carbocycles. The van der Waals surface area contributed by atoms with E-state index in [-0.39, 0.29) is 0 Å². The van der Waals surface area contributed by atoms with Crippen molar-refractivity contribution in [2.75, 3.05) is 20.7 Å². The van der Waals surface area contributed by atoms with Gasteiger partial charge >= 0.3 is 0 Å². The second-order valence-corrected chi connectivity index (χ2v) is 7.28. The van der Waals surface area contributed by atoms with Gasteiger partial charge < -0.3 is 15.0 Å². The highest BCUT2D eigenvalue weighted by atomic mass is 32.1. The fourth-order valence-corrected chi connectivity index (χ4v) is 4.53. The van der Waals surface area contributed by atoms with Crippen molar-refractivity contribution in [3.05, 3.63) is 22.4 Å². The van der Waals surface area contributed by atoms with Crippen LogP contribution in [-0.4, -0.2) is 43.7 Å². The maximum atomic E-state index is 5.93. The van der Waals surface area contributed by atoms with Gasteiger partial charge in [0.05, 0.1) is 6.10 Å². The van der Waals surface area contributed by atoms with Crippen molar-refractivity contribution in [3.63, 3.8) is 0 Å². The third-order valence-corrected chi connectivity index (χ3v) is 6.05. The number of nitrogens with zero attached hydrogens (tertiary/aromatic N) is 2. The SMILES string of the molecule is CCOC1CC(NC(=NC)N(C)Cc2ccsc2)C12CCC2. The van der Waals surface area contributed by atoms with E-state index in [4.69, 9.17) is 4.74 Å². The van der Waals surface area contributed by atoms with Crippen molar-refractivity contribution < 1.29 is 4.74 Å². The van der Waals surface area contributed by atoms with Gasteiger partial charge in [0.2, 0.25) is 0 Å². The Labute approximate surface area is 137 Å². The van der Waals surface area contributed by atoms with E-state index < -0.39 is 0 Å². The molecule has 1 N–H and O–H groups in total. The molecule has 0 radical (unpaired) electrons. The second kappa shape index (κ2) is 6.59. The molecule has 2 fully saturated rings. The molecule has 2 saturated carbocycles. The number of aliphatic imine (C=N–C) groups is 1. The Bertz CT molecular complexity index is 510. The zero-order chi connectivity index (χ0) is 15.6. The topological polar surface area (TPSA) is 36.9 Å². The van der Waals surface area contributed by atoms with E-state index in [0.717, 1.165) is 25.5 Å². The Morgan fingerprint density at radius 3 is 2.91 bits per heavy atom. The van der Waals surface area contributed by atoms with Crippen LogP contribution in [0.4, 0.5) is 0 Å². The van der Waals surface area contributed by atoms with E-state index in [2.05, 4.69) is 46.0 Å². The van der Waals surface area contributed by atoms with Crippen LogP contribution in [0.3, 0.4) is 0 Å². The summed E-state index contributed by atoms with van der Waals surface area (Å²) in [5, 5.41) is 8.02. The summed E-state index contributed by atoms with van der Waals surface area (Å²) >= 11 is 1.75. The smallest absolute Gasteiger partial charge is 0.193 e. The Balaban J connectivity index is 1.59. The lowest BCUT2D eigenvalue weighted by Gasteiger charge is -2.61. The Hall–Kier alpha value is -1.07. The van der Waals surface area contributed by atoms with Crippen LogP contribution in [-0.2, 0) is 11.3 Å². The molecule has 2 atom stereocenters. The molecule has 3 rings (SSSR count). The van der Waals surface area contributed by atoms with E-state index in [1.807, 2.05) is 7.05 Å². The maximum absolute atomic E-state index is 5.93. The van der Waals surface area contributed by atoms with Crippen molar-refractivity contribution >= 4 is 17.3 Å². The van der Waals surface area contributed by atoms with Crippen molar-refractivity contribution in [2.45, 2.75) is 51.3 Å². The highest BCUT2D eigenvalue weighted by Gasteiger charge is 2.59. The molecule has 1 aromatic rings. The van der Waals surface area contributed by atoms with E-state index in [9.17, 15) is 0 Å². The maximum Gasteiger partial charge on any atom is 0.193 e. The molecule has 4 nitrogen and oxygen atoms in total. The number of hydrogen-bond acceptors (Lipinski definition) is 3. The standard InChI is InChI=1S/C17H27N3OS/c1-4-21-15-10-14(17(15)7-5-8-17)19-16(18-2)20(3)11-13-6-9-22-12-13/h6,9,12,14-15H,4-5,7-8,10-11H2,1-3H3,(H,18,19). The summed E-state index contributed by atoms with van der Waals surface area (Å²) in [6.45, 7) is 3.82. The highest BCUT2D eigenvalue weighted by molar-refractivity contribution is 7.07. The van der Waals surface area contributed by atoms with Crippen molar-refractivity contribution in [3.8, 4) is 0 Å². The fourth-order valence-electron chi connectivity index (χ4n) is 3.87. The second-order valence-electron chi connectivity index (χ2n) is 6.50. The third-order valence-electron chi connectivity index (χ3n) is 5.31. The first-order valence-electron chi connectivity index (χ1n) is 8.26. The summed E-state index contributed by atoms with van der Waals surface area (Å²) in [7, 11) is 3.98. The van der Waals surface area contributed by atoms with Crippen LogP contribution in [0.25, 0.3) is 0 Å². The minimum Gasteiger partial charge on any atom is -0.378 e. The first-order valence-corrected chi connectivity index (χ1v) is 9.21. The first-order chi connectivity index (χ1) is 10.7. The predicted molar refractivity (Wildman–Crippen MR) is 92.4 cm³/mol. The summed E-state index contributed by atoms with van der Waals surface area (Å²) in [4.78, 5) is 6.69. The van der Waals surface area contributed by atoms with Gasteiger partial charge in [0, 0.05) is 38.7 Å². The number of thiophene rings is 1. The summed E-state index contributed by atoms with van der Waals surface area (Å²) in [6.07, 6.45) is 5.48. The normalized spacial score (nSPS) is 26.4. The van der Waals surface area contributed by atoms with Gasteiger partial charge in [-0.3, -0.25) is 4.99 Å². The van der Waals surface area contributed by atoms with Crippen LogP contribution >= 0.6 is 11.3 Å². The van der Waals surface area contributed by atoms with Gasteiger partial charge in [-0.15, -0.1) is 0 Å². The average molecular weight is 321 g/mol. The minimum atomic E-state index is 0.370. The molecule has 1 aromatic heterocycles. The molecule has 2 aliphatic rings. The quantitative estimate of drug-likeness (QED) is 0.669. The lowest BCUT2D eigenvalue weighted by atomic mass is 9.51. The van der Waals surface area contributed by atoms with Crippen molar-refractivity contribution in [1.29, 1.82) is 0 Å². The summed E-state index contributed by atoms with van der Waals surface area (Å²) < 4.78 is 5.93. The summed E-state index contributed by atoms with van der Waals surface area (Å²) in [5.41, 5.74) is 1.71. The van der Waals surface area contributed by atoms with Gasteiger partial charge in [-0.1, -0.05) is 6.42 Å². The van der Waals surface area contributed by atoms with Crippen LogP contribution in [0.1, 0.15) is 38.2 Å². The van der Waals surface area contributed by atoms with Crippen LogP contribution in [0, 0.1) is 5.41 Å². The molecule has 0 amide bonds. The molecule has 0 bridgehead atoms. The van der Waals surface area contributed by atoms with E-state index in [0.29, 0.717) is 17.6 Å². The largest absolute Gasteiger partial charge is 0.378 e. The molecular weight excluding hydrogens is 294 g/mol. The first kappa shape index (κ1) is 15.8. The molecule has 2 unspecified atom stereocenters. The number of hydrogen-bond donors (Lipinski definition) is 1. The number of ether oxygens (including phenoxy) is 1. The third kappa shape index (κ3) is 2.76. The summed E-state index contributed by atoms with van der Waals surface area (Å²) in [6, 6.07) is 2.69.